The third kappa shape index (κ3) is 2.90. The van der Waals surface area contributed by atoms with Crippen LogP contribution >= 0.6 is 0 Å². The zero-order chi connectivity index (χ0) is 10.6. The number of nitrogen functional groups attached to an aromatic ring is 1. The molecule has 0 aliphatic heterocycles. The lowest BCUT2D eigenvalue weighted by atomic mass is 10.2. The van der Waals surface area contributed by atoms with Gasteiger partial charge in [-0.1, -0.05) is 12.2 Å². The first-order chi connectivity index (χ1) is 6.59. The highest BCUT2D eigenvalue weighted by Crippen LogP contribution is 2.09. The summed E-state index contributed by atoms with van der Waals surface area (Å²) >= 11 is 0. The van der Waals surface area contributed by atoms with E-state index in [1.165, 1.54) is 0 Å². The van der Waals surface area contributed by atoms with Gasteiger partial charge in [0, 0.05) is 12.1 Å². The molecule has 4 nitrogen and oxygen atoms in total. The molecular weight excluding hydrogens is 178 g/mol. The van der Waals surface area contributed by atoms with Crippen LogP contribution in [0.2, 0.25) is 0 Å². The van der Waals surface area contributed by atoms with Gasteiger partial charge in [0.1, 0.15) is 5.82 Å². The zero-order valence-electron chi connectivity index (χ0n) is 8.03. The lowest BCUT2D eigenvalue weighted by molar-refractivity contribution is -0.117. The second-order valence-corrected chi connectivity index (χ2v) is 2.98. The van der Waals surface area contributed by atoms with Crippen molar-refractivity contribution in [1.29, 1.82) is 0 Å². The molecule has 1 amide bonds. The fourth-order valence-corrected chi connectivity index (χ4v) is 1.07. The van der Waals surface area contributed by atoms with Crippen molar-refractivity contribution in [2.75, 3.05) is 5.73 Å². The SMILES string of the molecule is Cc1nc(N)ccc1C=CCC(N)=O. The van der Waals surface area contributed by atoms with Crippen LogP contribution in [0.15, 0.2) is 18.2 Å². The van der Waals surface area contributed by atoms with Gasteiger partial charge in [-0.25, -0.2) is 4.98 Å². The largest absolute Gasteiger partial charge is 0.384 e. The molecule has 1 aromatic heterocycles. The fourth-order valence-electron chi connectivity index (χ4n) is 1.07. The molecule has 1 heterocycles. The van der Waals surface area contributed by atoms with Gasteiger partial charge < -0.3 is 11.5 Å². The van der Waals surface area contributed by atoms with Gasteiger partial charge in [0.15, 0.2) is 0 Å². The van der Waals surface area contributed by atoms with E-state index >= 15 is 0 Å². The molecule has 0 atom stereocenters. The predicted octanol–water partition coefficient (Wildman–Crippen LogP) is 0.861. The van der Waals surface area contributed by atoms with E-state index in [2.05, 4.69) is 4.98 Å². The van der Waals surface area contributed by atoms with Crippen LogP contribution in [0.4, 0.5) is 5.82 Å². The lowest BCUT2D eigenvalue weighted by Crippen LogP contribution is -2.07. The minimum atomic E-state index is -0.345. The summed E-state index contributed by atoms with van der Waals surface area (Å²) in [6.07, 6.45) is 3.76. The Morgan fingerprint density at radius 3 is 2.86 bits per heavy atom. The number of carbonyl (C=O) groups excluding carboxylic acids is 1. The highest BCUT2D eigenvalue weighted by molar-refractivity contribution is 5.76. The summed E-state index contributed by atoms with van der Waals surface area (Å²) in [5.74, 6) is 0.150. The quantitative estimate of drug-likeness (QED) is 0.743. The summed E-state index contributed by atoms with van der Waals surface area (Å²) in [5, 5.41) is 0. The number of nitrogens with zero attached hydrogens (tertiary/aromatic N) is 1. The van der Waals surface area contributed by atoms with Crippen molar-refractivity contribution in [2.24, 2.45) is 5.73 Å². The normalized spacial score (nSPS) is 10.6. The average Bonchev–Trinajstić information content (AvgIpc) is 2.08. The molecule has 0 spiro atoms. The molecule has 0 aliphatic carbocycles. The molecule has 4 N–H and O–H groups in total. The summed E-state index contributed by atoms with van der Waals surface area (Å²) in [4.78, 5) is 14.5. The number of rotatable bonds is 3. The molecule has 0 aliphatic rings. The van der Waals surface area contributed by atoms with Crippen molar-refractivity contribution in [2.45, 2.75) is 13.3 Å². The van der Waals surface area contributed by atoms with Gasteiger partial charge in [0.2, 0.25) is 5.91 Å². The Bertz CT molecular complexity index is 372. The van der Waals surface area contributed by atoms with E-state index in [-0.39, 0.29) is 12.3 Å². The van der Waals surface area contributed by atoms with Crippen molar-refractivity contribution >= 4 is 17.8 Å². The van der Waals surface area contributed by atoms with Gasteiger partial charge in [0.25, 0.3) is 0 Å². The third-order valence-corrected chi connectivity index (χ3v) is 1.76. The van der Waals surface area contributed by atoms with E-state index in [1.54, 1.807) is 12.1 Å². The molecule has 0 fully saturated rings. The molecule has 1 rings (SSSR count). The van der Waals surface area contributed by atoms with Crippen LogP contribution in [0.3, 0.4) is 0 Å². The van der Waals surface area contributed by atoms with E-state index in [9.17, 15) is 4.79 Å². The van der Waals surface area contributed by atoms with E-state index < -0.39 is 0 Å². The van der Waals surface area contributed by atoms with Crippen molar-refractivity contribution < 1.29 is 4.79 Å². The van der Waals surface area contributed by atoms with E-state index in [0.717, 1.165) is 11.3 Å². The molecule has 0 saturated heterocycles. The Morgan fingerprint density at radius 2 is 2.29 bits per heavy atom. The van der Waals surface area contributed by atoms with Crippen molar-refractivity contribution in [1.82, 2.24) is 4.98 Å². The van der Waals surface area contributed by atoms with Crippen molar-refractivity contribution in [3.8, 4) is 0 Å². The van der Waals surface area contributed by atoms with Gasteiger partial charge in [-0.15, -0.1) is 0 Å². The molecule has 0 radical (unpaired) electrons. The van der Waals surface area contributed by atoms with Crippen molar-refractivity contribution in [3.05, 3.63) is 29.5 Å². The number of nitrogens with two attached hydrogens (primary N) is 2. The molecule has 1 aromatic rings. The van der Waals surface area contributed by atoms with Crippen LogP contribution in [0.25, 0.3) is 6.08 Å². The predicted molar refractivity (Wildman–Crippen MR) is 56.2 cm³/mol. The highest BCUT2D eigenvalue weighted by Gasteiger charge is 1.95. The number of carbonyl (C=O) groups is 1. The van der Waals surface area contributed by atoms with E-state index in [0.29, 0.717) is 5.82 Å². The molecule has 0 saturated carbocycles. The van der Waals surface area contributed by atoms with Crippen LogP contribution in [0, 0.1) is 6.92 Å². The first-order valence-corrected chi connectivity index (χ1v) is 4.27. The van der Waals surface area contributed by atoms with E-state index in [1.807, 2.05) is 19.1 Å². The maximum absolute atomic E-state index is 10.5. The standard InChI is InChI=1S/C10H13N3O/c1-7-8(3-2-4-10(12)14)5-6-9(11)13-7/h2-3,5-6H,4H2,1H3,(H2,11,13)(H2,12,14). The number of pyridine rings is 1. The van der Waals surface area contributed by atoms with Gasteiger partial charge in [-0.2, -0.15) is 0 Å². The maximum Gasteiger partial charge on any atom is 0.221 e. The number of aryl methyl sites for hydroxylation is 1. The average molecular weight is 191 g/mol. The summed E-state index contributed by atoms with van der Waals surface area (Å²) in [7, 11) is 0. The minimum absolute atomic E-state index is 0.240. The molecule has 0 aromatic carbocycles. The van der Waals surface area contributed by atoms with Crippen molar-refractivity contribution in [3.63, 3.8) is 0 Å². The second kappa shape index (κ2) is 4.41. The molecule has 0 unspecified atom stereocenters. The summed E-state index contributed by atoms with van der Waals surface area (Å²) < 4.78 is 0. The molecule has 74 valence electrons. The Morgan fingerprint density at radius 1 is 1.57 bits per heavy atom. The highest BCUT2D eigenvalue weighted by atomic mass is 16.1. The van der Waals surface area contributed by atoms with Crippen LogP contribution in [0.1, 0.15) is 17.7 Å². The lowest BCUT2D eigenvalue weighted by Gasteiger charge is -1.99. The summed E-state index contributed by atoms with van der Waals surface area (Å²) in [5.41, 5.74) is 12.3. The van der Waals surface area contributed by atoms with Gasteiger partial charge in [-0.05, 0) is 24.6 Å². The second-order valence-electron chi connectivity index (χ2n) is 2.98. The molecule has 0 bridgehead atoms. The van der Waals surface area contributed by atoms with Crippen LogP contribution in [-0.4, -0.2) is 10.9 Å². The van der Waals surface area contributed by atoms with Crippen LogP contribution < -0.4 is 11.5 Å². The Balaban J connectivity index is 2.76. The van der Waals surface area contributed by atoms with Gasteiger partial charge in [-0.3, -0.25) is 4.79 Å². The number of aromatic nitrogens is 1. The molecular formula is C10H13N3O. The number of amides is 1. The first-order valence-electron chi connectivity index (χ1n) is 4.27. The number of primary amides is 1. The number of anilines is 1. The number of hydrogen-bond acceptors (Lipinski definition) is 3. The zero-order valence-corrected chi connectivity index (χ0v) is 8.03. The van der Waals surface area contributed by atoms with Gasteiger partial charge in [0.05, 0.1) is 0 Å². The topological polar surface area (TPSA) is 82.0 Å². The Kier molecular flexibility index (Phi) is 3.23. The Labute approximate surface area is 82.6 Å². The molecule has 4 heteroatoms. The monoisotopic (exact) mass is 191 g/mol. The Hall–Kier alpha value is -1.84. The van der Waals surface area contributed by atoms with Crippen LogP contribution in [0.5, 0.6) is 0 Å². The minimum Gasteiger partial charge on any atom is -0.384 e. The third-order valence-electron chi connectivity index (χ3n) is 1.76. The summed E-state index contributed by atoms with van der Waals surface area (Å²) in [6.45, 7) is 1.86. The van der Waals surface area contributed by atoms with Gasteiger partial charge >= 0.3 is 0 Å². The number of hydrogen-bond donors (Lipinski definition) is 2. The van der Waals surface area contributed by atoms with E-state index in [4.69, 9.17) is 11.5 Å². The fraction of sp³-hybridized carbons (Fsp3) is 0.200. The molecule has 14 heavy (non-hydrogen) atoms. The van der Waals surface area contributed by atoms with Crippen LogP contribution in [-0.2, 0) is 4.79 Å². The first kappa shape index (κ1) is 10.2. The summed E-state index contributed by atoms with van der Waals surface area (Å²) in [6, 6.07) is 3.58. The maximum atomic E-state index is 10.5. The smallest absolute Gasteiger partial charge is 0.221 e.